The van der Waals surface area contributed by atoms with Crippen LogP contribution in [0, 0.1) is 11.8 Å². The van der Waals surface area contributed by atoms with Crippen molar-refractivity contribution in [2.24, 2.45) is 0 Å². The van der Waals surface area contributed by atoms with Crippen LogP contribution in [0.4, 0.5) is 5.82 Å². The molecule has 0 aliphatic heterocycles. The van der Waals surface area contributed by atoms with Crippen LogP contribution in [0.5, 0.6) is 0 Å². The van der Waals surface area contributed by atoms with Gasteiger partial charge >= 0.3 is 0 Å². The molecule has 2 aromatic heterocycles. The molecule has 0 saturated heterocycles. The summed E-state index contributed by atoms with van der Waals surface area (Å²) in [6.07, 6.45) is 3.23. The number of carbonyl (C=O) groups excluding carboxylic acids is 1. The summed E-state index contributed by atoms with van der Waals surface area (Å²) >= 11 is 6.56. The molecule has 2 heterocycles. The quantitative estimate of drug-likeness (QED) is 0.256. The van der Waals surface area contributed by atoms with Crippen molar-refractivity contribution in [3.05, 3.63) is 83.0 Å². The topological polar surface area (TPSA) is 60.9 Å². The summed E-state index contributed by atoms with van der Waals surface area (Å²) in [4.78, 5) is 15.6. The van der Waals surface area contributed by atoms with Gasteiger partial charge in [0.1, 0.15) is 11.6 Å². The van der Waals surface area contributed by atoms with Crippen molar-refractivity contribution in [1.29, 1.82) is 0 Å². The van der Waals surface area contributed by atoms with Gasteiger partial charge in [-0.05, 0) is 56.2 Å². The van der Waals surface area contributed by atoms with Crippen LogP contribution in [0.2, 0.25) is 5.02 Å². The van der Waals surface area contributed by atoms with Crippen molar-refractivity contribution < 1.29 is 4.79 Å². The zero-order valence-corrected chi connectivity index (χ0v) is 19.4. The lowest BCUT2D eigenvalue weighted by Crippen LogP contribution is -2.05. The predicted octanol–water partition coefficient (Wildman–Crippen LogP) is 6.49. The zero-order chi connectivity index (χ0) is 23.2. The highest BCUT2D eigenvalue weighted by Gasteiger charge is 2.14. The Morgan fingerprint density at radius 3 is 2.70 bits per heavy atom. The number of hydrogen-bond donors (Lipinski definition) is 1. The molecule has 0 amide bonds. The van der Waals surface area contributed by atoms with Crippen LogP contribution in [0.15, 0.2) is 66.7 Å². The number of nitrogens with two attached hydrogens (primary N) is 1. The molecule has 0 unspecified atom stereocenters. The van der Waals surface area contributed by atoms with Gasteiger partial charge in [-0.1, -0.05) is 53.8 Å². The number of fused-ring (bicyclic) bond motifs is 1. The van der Waals surface area contributed by atoms with Crippen molar-refractivity contribution in [1.82, 2.24) is 9.55 Å². The van der Waals surface area contributed by atoms with E-state index in [2.05, 4.69) is 39.6 Å². The second-order valence-corrected chi connectivity index (χ2v) is 8.54. The highest BCUT2D eigenvalue weighted by Crippen LogP contribution is 2.33. The molecule has 2 aromatic carbocycles. The fraction of sp³-hybridized carbons (Fsp3) is 0.214. The van der Waals surface area contributed by atoms with Crippen molar-refractivity contribution in [3.63, 3.8) is 0 Å². The minimum absolute atomic E-state index is 0.234. The first kappa shape index (κ1) is 22.6. The van der Waals surface area contributed by atoms with E-state index in [-0.39, 0.29) is 5.78 Å². The molecule has 166 valence electrons. The third kappa shape index (κ3) is 5.63. The fourth-order valence-corrected chi connectivity index (χ4v) is 4.13. The van der Waals surface area contributed by atoms with Gasteiger partial charge in [-0.15, -0.1) is 0 Å². The van der Waals surface area contributed by atoms with Crippen LogP contribution in [-0.4, -0.2) is 15.3 Å². The van der Waals surface area contributed by atoms with Gasteiger partial charge in [-0.3, -0.25) is 0 Å². The summed E-state index contributed by atoms with van der Waals surface area (Å²) in [6, 6.07) is 22.0. The van der Waals surface area contributed by atoms with Crippen molar-refractivity contribution in [2.75, 3.05) is 5.73 Å². The Labute approximate surface area is 199 Å². The molecule has 5 heteroatoms. The lowest BCUT2D eigenvalue weighted by molar-refractivity contribution is -0.117. The van der Waals surface area contributed by atoms with Crippen LogP contribution in [0.1, 0.15) is 43.9 Å². The number of pyridine rings is 1. The lowest BCUT2D eigenvalue weighted by atomic mass is 10.1. The Balaban J connectivity index is 1.71. The minimum atomic E-state index is 0.234. The Hall–Kier alpha value is -3.55. The number of nitrogen functional groups attached to an aromatic ring is 1. The average Bonchev–Trinajstić information content (AvgIpc) is 3.14. The van der Waals surface area contributed by atoms with Gasteiger partial charge in [0.25, 0.3) is 0 Å². The molecule has 4 nitrogen and oxygen atoms in total. The van der Waals surface area contributed by atoms with Crippen LogP contribution in [-0.2, 0) is 11.3 Å². The number of aromatic nitrogens is 2. The van der Waals surface area contributed by atoms with Crippen LogP contribution < -0.4 is 5.73 Å². The number of unbranched alkanes of at least 4 members (excludes halogenated alkanes) is 2. The maximum absolute atomic E-state index is 11.1. The van der Waals surface area contributed by atoms with E-state index in [9.17, 15) is 4.79 Å². The number of anilines is 1. The number of Topliss-reactive ketones (excluding diaryl/α,β-unsaturated/α-hetero) is 1. The number of rotatable bonds is 7. The molecule has 2 N–H and O–H groups in total. The molecule has 0 fully saturated rings. The maximum Gasteiger partial charge on any atom is 0.129 e. The largest absolute Gasteiger partial charge is 0.384 e. The highest BCUT2D eigenvalue weighted by molar-refractivity contribution is 6.33. The summed E-state index contributed by atoms with van der Waals surface area (Å²) in [5, 5.41) is 1.81. The van der Waals surface area contributed by atoms with Crippen LogP contribution in [0.25, 0.3) is 22.2 Å². The molecule has 0 aliphatic rings. The minimum Gasteiger partial charge on any atom is -0.384 e. The van der Waals surface area contributed by atoms with E-state index in [4.69, 9.17) is 17.3 Å². The fourth-order valence-electron chi connectivity index (χ4n) is 3.89. The highest BCUT2D eigenvalue weighted by atomic mass is 35.5. The molecular formula is C28H26ClN3O. The van der Waals surface area contributed by atoms with E-state index in [1.54, 1.807) is 13.0 Å². The summed E-state index contributed by atoms with van der Waals surface area (Å²) in [6.45, 7) is 2.20. The van der Waals surface area contributed by atoms with Crippen LogP contribution in [0.3, 0.4) is 0 Å². The number of nitrogens with zero attached hydrogens (tertiary/aromatic N) is 2. The maximum atomic E-state index is 11.1. The van der Waals surface area contributed by atoms with Gasteiger partial charge in [0.05, 0.1) is 23.4 Å². The number of ketones is 1. The van der Waals surface area contributed by atoms with Gasteiger partial charge in [-0.2, -0.15) is 0 Å². The Morgan fingerprint density at radius 2 is 1.91 bits per heavy atom. The molecule has 0 spiro atoms. The van der Waals surface area contributed by atoms with Crippen LogP contribution >= 0.6 is 11.6 Å². The lowest BCUT2D eigenvalue weighted by Gasteiger charge is -2.12. The second-order valence-electron chi connectivity index (χ2n) is 8.13. The zero-order valence-electron chi connectivity index (χ0n) is 18.6. The molecule has 0 aliphatic carbocycles. The van der Waals surface area contributed by atoms with Crippen molar-refractivity contribution in [3.8, 4) is 23.1 Å². The van der Waals surface area contributed by atoms with E-state index < -0.39 is 0 Å². The molecule has 0 radical (unpaired) electrons. The number of halogens is 1. The smallest absolute Gasteiger partial charge is 0.129 e. The molecule has 0 saturated carbocycles. The SMILES string of the molecule is CC(=O)CCCCC#Cc1ccc2cc(-c3ccccc3Cl)n(Cc3cccc(N)n3)c2c1. The molecule has 4 aromatic rings. The Bertz CT molecular complexity index is 1360. The predicted molar refractivity (Wildman–Crippen MR) is 136 cm³/mol. The van der Waals surface area contributed by atoms with E-state index in [0.717, 1.165) is 52.7 Å². The molecule has 0 bridgehead atoms. The summed E-state index contributed by atoms with van der Waals surface area (Å²) in [7, 11) is 0. The van der Waals surface area contributed by atoms with E-state index in [1.165, 1.54) is 0 Å². The molecule has 0 atom stereocenters. The number of carbonyl (C=O) groups is 1. The first-order valence-electron chi connectivity index (χ1n) is 11.1. The summed E-state index contributed by atoms with van der Waals surface area (Å²) in [5.74, 6) is 7.25. The molecular weight excluding hydrogens is 430 g/mol. The van der Waals surface area contributed by atoms with Crippen molar-refractivity contribution in [2.45, 2.75) is 39.2 Å². The van der Waals surface area contributed by atoms with E-state index in [0.29, 0.717) is 23.8 Å². The normalized spacial score (nSPS) is 10.7. The van der Waals surface area contributed by atoms with E-state index >= 15 is 0 Å². The monoisotopic (exact) mass is 455 g/mol. The summed E-state index contributed by atoms with van der Waals surface area (Å²) < 4.78 is 2.22. The van der Waals surface area contributed by atoms with Gasteiger partial charge in [0.15, 0.2) is 0 Å². The Morgan fingerprint density at radius 1 is 1.06 bits per heavy atom. The molecule has 4 rings (SSSR count). The standard InChI is InChI=1S/C28H26ClN3O/c1-20(33)9-4-2-3-5-10-21-15-16-22-18-27(24-12-6-7-13-25(24)29)32(26(22)17-21)19-23-11-8-14-28(30)31-23/h6-8,11-18H,2-4,9,19H2,1H3,(H2,30,31). The molecule has 33 heavy (non-hydrogen) atoms. The first-order valence-corrected chi connectivity index (χ1v) is 11.5. The summed E-state index contributed by atoms with van der Waals surface area (Å²) in [5.41, 5.74) is 10.8. The number of hydrogen-bond acceptors (Lipinski definition) is 3. The van der Waals surface area contributed by atoms with Gasteiger partial charge < -0.3 is 15.1 Å². The van der Waals surface area contributed by atoms with E-state index in [1.807, 2.05) is 42.5 Å². The average molecular weight is 456 g/mol. The Kier molecular flexibility index (Phi) is 7.12. The second kappa shape index (κ2) is 10.4. The number of benzene rings is 2. The van der Waals surface area contributed by atoms with Gasteiger partial charge in [0.2, 0.25) is 0 Å². The third-order valence-corrected chi connectivity index (χ3v) is 5.85. The first-order chi connectivity index (χ1) is 16.0. The van der Waals surface area contributed by atoms with Gasteiger partial charge in [0, 0.05) is 34.4 Å². The van der Waals surface area contributed by atoms with Crippen molar-refractivity contribution >= 4 is 34.1 Å². The third-order valence-electron chi connectivity index (χ3n) is 5.52. The van der Waals surface area contributed by atoms with Gasteiger partial charge in [-0.25, -0.2) is 4.98 Å².